The molecule has 0 aliphatic rings. The average molecular weight is 332 g/mol. The molecule has 25 heavy (non-hydrogen) atoms. The van der Waals surface area contributed by atoms with Crippen LogP contribution in [0.15, 0.2) is 60.7 Å². The molecule has 0 radical (unpaired) electrons. The van der Waals surface area contributed by atoms with Gasteiger partial charge in [-0.15, -0.1) is 0 Å². The number of aliphatic hydroxyl groups is 1. The first-order valence-electron chi connectivity index (χ1n) is 8.58. The van der Waals surface area contributed by atoms with E-state index in [0.717, 1.165) is 22.6 Å². The lowest BCUT2D eigenvalue weighted by Crippen LogP contribution is -1.95. The van der Waals surface area contributed by atoms with Gasteiger partial charge in [-0.1, -0.05) is 48.0 Å². The van der Waals surface area contributed by atoms with Crippen molar-refractivity contribution >= 4 is 0 Å². The minimum Gasteiger partial charge on any atom is -0.457 e. The molecule has 0 spiro atoms. The molecule has 1 unspecified atom stereocenters. The smallest absolute Gasteiger partial charge is 0.130 e. The van der Waals surface area contributed by atoms with E-state index < -0.39 is 6.10 Å². The fourth-order valence-corrected chi connectivity index (χ4v) is 2.87. The van der Waals surface area contributed by atoms with Gasteiger partial charge in [-0.05, 0) is 73.7 Å². The van der Waals surface area contributed by atoms with Gasteiger partial charge in [0.2, 0.25) is 0 Å². The molecule has 0 aromatic heterocycles. The van der Waals surface area contributed by atoms with E-state index in [4.69, 9.17) is 4.74 Å². The average Bonchev–Trinajstić information content (AvgIpc) is 2.58. The maximum absolute atomic E-state index is 9.78. The van der Waals surface area contributed by atoms with Gasteiger partial charge >= 0.3 is 0 Å². The summed E-state index contributed by atoms with van der Waals surface area (Å²) < 4.78 is 6.08. The highest BCUT2D eigenvalue weighted by molar-refractivity contribution is 5.68. The van der Waals surface area contributed by atoms with Crippen LogP contribution in [0.2, 0.25) is 0 Å². The molecule has 3 aromatic rings. The van der Waals surface area contributed by atoms with Gasteiger partial charge in [0.05, 0.1) is 6.10 Å². The summed E-state index contributed by atoms with van der Waals surface area (Å²) in [5.74, 6) is 1.58. The summed E-state index contributed by atoms with van der Waals surface area (Å²) in [5.41, 5.74) is 6.75. The molecule has 1 atom stereocenters. The summed E-state index contributed by atoms with van der Waals surface area (Å²) in [6.07, 6.45) is -0.506. The van der Waals surface area contributed by atoms with Crippen LogP contribution < -0.4 is 4.74 Å². The summed E-state index contributed by atoms with van der Waals surface area (Å²) in [7, 11) is 0. The Labute approximate surface area is 149 Å². The molecular formula is C23H24O2. The van der Waals surface area contributed by atoms with Crippen molar-refractivity contribution in [3.8, 4) is 22.6 Å². The van der Waals surface area contributed by atoms with Crippen molar-refractivity contribution < 1.29 is 9.84 Å². The Morgan fingerprint density at radius 1 is 0.800 bits per heavy atom. The van der Waals surface area contributed by atoms with Crippen LogP contribution in [0, 0.1) is 20.8 Å². The summed E-state index contributed by atoms with van der Waals surface area (Å²) in [6.45, 7) is 7.96. The predicted octanol–water partition coefficient (Wildman–Crippen LogP) is 6.12. The third-order valence-corrected chi connectivity index (χ3v) is 4.48. The molecule has 128 valence electrons. The Morgan fingerprint density at radius 2 is 1.52 bits per heavy atom. The Kier molecular flexibility index (Phi) is 4.91. The van der Waals surface area contributed by atoms with Crippen molar-refractivity contribution in [2.75, 3.05) is 0 Å². The van der Waals surface area contributed by atoms with Gasteiger partial charge in [0.1, 0.15) is 11.5 Å². The van der Waals surface area contributed by atoms with E-state index in [1.165, 1.54) is 22.3 Å². The molecular weight excluding hydrogens is 308 g/mol. The van der Waals surface area contributed by atoms with Gasteiger partial charge in [-0.2, -0.15) is 0 Å². The topological polar surface area (TPSA) is 29.5 Å². The lowest BCUT2D eigenvalue weighted by atomic mass is 9.99. The number of hydrogen-bond donors (Lipinski definition) is 1. The molecule has 0 saturated heterocycles. The zero-order valence-electron chi connectivity index (χ0n) is 15.2. The number of benzene rings is 3. The third-order valence-electron chi connectivity index (χ3n) is 4.48. The first-order chi connectivity index (χ1) is 11.9. The van der Waals surface area contributed by atoms with E-state index in [1.54, 1.807) is 6.92 Å². The lowest BCUT2D eigenvalue weighted by molar-refractivity contribution is 0.199. The maximum atomic E-state index is 9.78. The molecule has 0 amide bonds. The van der Waals surface area contributed by atoms with Crippen LogP contribution >= 0.6 is 0 Å². The number of aryl methyl sites for hydroxylation is 3. The highest BCUT2D eigenvalue weighted by atomic mass is 16.5. The lowest BCUT2D eigenvalue weighted by Gasteiger charge is -2.14. The van der Waals surface area contributed by atoms with Crippen molar-refractivity contribution in [2.24, 2.45) is 0 Å². The highest BCUT2D eigenvalue weighted by Gasteiger charge is 2.09. The van der Waals surface area contributed by atoms with Crippen LogP contribution in [0.4, 0.5) is 0 Å². The Balaban J connectivity index is 1.89. The van der Waals surface area contributed by atoms with Crippen molar-refractivity contribution in [1.29, 1.82) is 0 Å². The van der Waals surface area contributed by atoms with Crippen molar-refractivity contribution in [3.05, 3.63) is 82.9 Å². The van der Waals surface area contributed by atoms with Gasteiger partial charge in [-0.25, -0.2) is 0 Å². The fraction of sp³-hybridized carbons (Fsp3) is 0.217. The molecule has 0 fully saturated rings. The first-order valence-corrected chi connectivity index (χ1v) is 8.58. The van der Waals surface area contributed by atoms with E-state index in [1.807, 2.05) is 31.2 Å². The molecule has 0 heterocycles. The molecule has 2 heteroatoms. The summed E-state index contributed by atoms with van der Waals surface area (Å²) in [5, 5.41) is 9.78. The first kappa shape index (κ1) is 17.2. The van der Waals surface area contributed by atoms with Crippen LogP contribution in [0.3, 0.4) is 0 Å². The number of rotatable bonds is 4. The van der Waals surface area contributed by atoms with Crippen LogP contribution in [0.25, 0.3) is 11.1 Å². The Bertz CT molecular complexity index is 877. The van der Waals surface area contributed by atoms with Crippen LogP contribution in [0.1, 0.15) is 35.3 Å². The normalized spacial score (nSPS) is 12.0. The largest absolute Gasteiger partial charge is 0.457 e. The van der Waals surface area contributed by atoms with Gasteiger partial charge in [0, 0.05) is 0 Å². The molecule has 1 N–H and O–H groups in total. The molecule has 0 saturated carbocycles. The number of ether oxygens (including phenoxy) is 1. The second-order valence-corrected chi connectivity index (χ2v) is 6.65. The number of aliphatic hydroxyl groups excluding tert-OH is 1. The second kappa shape index (κ2) is 7.12. The summed E-state index contributed by atoms with van der Waals surface area (Å²) >= 11 is 0. The van der Waals surface area contributed by atoms with Crippen molar-refractivity contribution in [3.63, 3.8) is 0 Å². The van der Waals surface area contributed by atoms with E-state index in [-0.39, 0.29) is 0 Å². The molecule has 2 nitrogen and oxygen atoms in total. The third kappa shape index (κ3) is 3.92. The molecule has 0 bridgehead atoms. The summed E-state index contributed by atoms with van der Waals surface area (Å²) in [6, 6.07) is 20.5. The van der Waals surface area contributed by atoms with Crippen molar-refractivity contribution in [1.82, 2.24) is 0 Å². The van der Waals surface area contributed by atoms with E-state index in [2.05, 4.69) is 50.2 Å². The van der Waals surface area contributed by atoms with Crippen LogP contribution in [-0.4, -0.2) is 5.11 Å². The minimum atomic E-state index is -0.506. The SMILES string of the molecule is Cc1ccc(-c2ccc(Oc3cc(C(C)O)ccc3C)cc2C)cc1. The van der Waals surface area contributed by atoms with E-state index >= 15 is 0 Å². The van der Waals surface area contributed by atoms with Gasteiger partial charge < -0.3 is 9.84 Å². The van der Waals surface area contributed by atoms with E-state index in [9.17, 15) is 5.11 Å². The highest BCUT2D eigenvalue weighted by Crippen LogP contribution is 2.32. The molecule has 3 aromatic carbocycles. The van der Waals surface area contributed by atoms with Crippen LogP contribution in [-0.2, 0) is 0 Å². The standard InChI is InChI=1S/C23H24O2/c1-15-5-8-19(9-6-15)22-12-11-21(13-17(22)3)25-23-14-20(18(4)24)10-7-16(23)2/h5-14,18,24H,1-4H3. The van der Waals surface area contributed by atoms with Gasteiger partial charge in [0.15, 0.2) is 0 Å². The Hall–Kier alpha value is -2.58. The quantitative estimate of drug-likeness (QED) is 0.623. The van der Waals surface area contributed by atoms with Crippen LogP contribution in [0.5, 0.6) is 11.5 Å². The van der Waals surface area contributed by atoms with Gasteiger partial charge in [-0.3, -0.25) is 0 Å². The molecule has 3 rings (SSSR count). The minimum absolute atomic E-state index is 0.506. The molecule has 0 aliphatic heterocycles. The van der Waals surface area contributed by atoms with E-state index in [0.29, 0.717) is 0 Å². The number of hydrogen-bond acceptors (Lipinski definition) is 2. The van der Waals surface area contributed by atoms with Crippen molar-refractivity contribution in [2.45, 2.75) is 33.8 Å². The Morgan fingerprint density at radius 3 is 2.16 bits per heavy atom. The summed E-state index contributed by atoms with van der Waals surface area (Å²) in [4.78, 5) is 0. The predicted molar refractivity (Wildman–Crippen MR) is 103 cm³/mol. The van der Waals surface area contributed by atoms with Gasteiger partial charge in [0.25, 0.3) is 0 Å². The maximum Gasteiger partial charge on any atom is 0.130 e. The zero-order chi connectivity index (χ0) is 18.0. The molecule has 0 aliphatic carbocycles. The second-order valence-electron chi connectivity index (χ2n) is 6.65. The monoisotopic (exact) mass is 332 g/mol. The zero-order valence-corrected chi connectivity index (χ0v) is 15.2. The fourth-order valence-electron chi connectivity index (χ4n) is 2.87.